The minimum Gasteiger partial charge on any atom is -0.508 e. The second-order valence-electron chi connectivity index (χ2n) is 9.80. The van der Waals surface area contributed by atoms with Crippen LogP contribution < -0.4 is 15.0 Å². The van der Waals surface area contributed by atoms with E-state index in [2.05, 4.69) is 34.5 Å². The molecule has 2 aliphatic heterocycles. The maximum Gasteiger partial charge on any atom is 0.123 e. The molecule has 2 heterocycles. The van der Waals surface area contributed by atoms with E-state index in [-0.39, 0.29) is 11.9 Å². The third-order valence-corrected chi connectivity index (χ3v) is 7.37. The van der Waals surface area contributed by atoms with Gasteiger partial charge in [0.1, 0.15) is 17.3 Å². The Labute approximate surface area is 207 Å². The molecule has 5 heteroatoms. The van der Waals surface area contributed by atoms with Gasteiger partial charge < -0.3 is 20.1 Å². The standard InChI is InChI=1S/C30H35FN2O2/c31-24-8-10-26(11-9-24)33-18-3-4-23-21-27(34)12-15-29(23)30(33)20-22-6-13-28(14-7-22)35-19-16-25-5-1-2-17-32-25/h6-15,21,25,30,32,34H,1-5,16-20H2. The van der Waals surface area contributed by atoms with Gasteiger partial charge >= 0.3 is 0 Å². The van der Waals surface area contributed by atoms with Gasteiger partial charge in [-0.2, -0.15) is 0 Å². The molecule has 2 atom stereocenters. The fourth-order valence-electron chi connectivity index (χ4n) is 5.49. The number of phenolic OH excluding ortho intramolecular Hbond substituents is 1. The first-order valence-corrected chi connectivity index (χ1v) is 12.9. The second-order valence-corrected chi connectivity index (χ2v) is 9.80. The van der Waals surface area contributed by atoms with Crippen molar-refractivity contribution in [1.82, 2.24) is 5.32 Å². The molecular weight excluding hydrogens is 439 g/mol. The summed E-state index contributed by atoms with van der Waals surface area (Å²) in [5, 5.41) is 13.7. The number of piperidine rings is 1. The van der Waals surface area contributed by atoms with E-state index in [1.54, 1.807) is 6.07 Å². The van der Waals surface area contributed by atoms with Crippen LogP contribution in [-0.2, 0) is 12.8 Å². The van der Waals surface area contributed by atoms with Crippen molar-refractivity contribution in [1.29, 1.82) is 0 Å². The minimum atomic E-state index is -0.222. The molecule has 5 rings (SSSR count). The summed E-state index contributed by atoms with van der Waals surface area (Å²) in [5.74, 6) is 0.995. The molecule has 4 nitrogen and oxygen atoms in total. The van der Waals surface area contributed by atoms with Crippen molar-refractivity contribution < 1.29 is 14.2 Å². The Morgan fingerprint density at radius 2 is 1.80 bits per heavy atom. The highest BCUT2D eigenvalue weighted by atomic mass is 19.1. The Kier molecular flexibility index (Phi) is 7.53. The molecule has 2 unspecified atom stereocenters. The Bertz CT molecular complexity index is 1090. The summed E-state index contributed by atoms with van der Waals surface area (Å²) in [5.41, 5.74) is 4.67. The Balaban J connectivity index is 1.32. The number of rotatable bonds is 7. The van der Waals surface area contributed by atoms with Gasteiger partial charge in [-0.3, -0.25) is 0 Å². The number of aryl methyl sites for hydroxylation is 1. The zero-order valence-corrected chi connectivity index (χ0v) is 20.3. The van der Waals surface area contributed by atoms with Crippen LogP contribution in [0.15, 0.2) is 66.7 Å². The fourth-order valence-corrected chi connectivity index (χ4v) is 5.49. The number of fused-ring (bicyclic) bond motifs is 1. The van der Waals surface area contributed by atoms with E-state index in [4.69, 9.17) is 4.74 Å². The van der Waals surface area contributed by atoms with Gasteiger partial charge in [-0.15, -0.1) is 0 Å². The molecule has 1 fully saturated rings. The van der Waals surface area contributed by atoms with Crippen LogP contribution in [-0.4, -0.2) is 30.8 Å². The number of nitrogens with one attached hydrogen (secondary N) is 1. The van der Waals surface area contributed by atoms with Gasteiger partial charge in [0.25, 0.3) is 0 Å². The quantitative estimate of drug-likeness (QED) is 0.429. The number of hydrogen-bond donors (Lipinski definition) is 2. The lowest BCUT2D eigenvalue weighted by Crippen LogP contribution is -2.35. The molecule has 3 aromatic rings. The molecule has 0 radical (unpaired) electrons. The van der Waals surface area contributed by atoms with E-state index < -0.39 is 0 Å². The summed E-state index contributed by atoms with van der Waals surface area (Å²) in [7, 11) is 0. The predicted molar refractivity (Wildman–Crippen MR) is 139 cm³/mol. The third-order valence-electron chi connectivity index (χ3n) is 7.37. The van der Waals surface area contributed by atoms with Crippen molar-refractivity contribution in [2.75, 3.05) is 24.6 Å². The minimum absolute atomic E-state index is 0.0997. The molecule has 0 saturated carbocycles. The lowest BCUT2D eigenvalue weighted by atomic mass is 9.93. The van der Waals surface area contributed by atoms with Crippen LogP contribution in [0.4, 0.5) is 10.1 Å². The van der Waals surface area contributed by atoms with E-state index in [9.17, 15) is 9.50 Å². The van der Waals surface area contributed by atoms with Crippen molar-refractivity contribution >= 4 is 5.69 Å². The summed E-state index contributed by atoms with van der Waals surface area (Å²) < 4.78 is 19.7. The molecule has 3 aromatic carbocycles. The van der Waals surface area contributed by atoms with Gasteiger partial charge in [0.15, 0.2) is 0 Å². The van der Waals surface area contributed by atoms with Gasteiger partial charge in [-0.25, -0.2) is 4.39 Å². The third kappa shape index (κ3) is 5.96. The SMILES string of the molecule is Oc1ccc2c(c1)CCCN(c1ccc(F)cc1)C2Cc1ccc(OCCC2CCCCN2)cc1. The lowest BCUT2D eigenvalue weighted by molar-refractivity contribution is 0.268. The van der Waals surface area contributed by atoms with Crippen molar-refractivity contribution in [2.24, 2.45) is 0 Å². The number of ether oxygens (including phenoxy) is 1. The highest BCUT2D eigenvalue weighted by molar-refractivity contribution is 5.52. The topological polar surface area (TPSA) is 44.7 Å². The average molecular weight is 475 g/mol. The van der Waals surface area contributed by atoms with Crippen LogP contribution >= 0.6 is 0 Å². The van der Waals surface area contributed by atoms with Crippen LogP contribution in [0.3, 0.4) is 0 Å². The van der Waals surface area contributed by atoms with E-state index in [1.165, 1.54) is 48.1 Å². The predicted octanol–water partition coefficient (Wildman–Crippen LogP) is 6.18. The van der Waals surface area contributed by atoms with Crippen LogP contribution in [0.1, 0.15) is 54.8 Å². The van der Waals surface area contributed by atoms with E-state index in [0.717, 1.165) is 56.8 Å². The molecule has 0 amide bonds. The summed E-state index contributed by atoms with van der Waals surface area (Å²) in [6.07, 6.45) is 7.60. The van der Waals surface area contributed by atoms with Crippen molar-refractivity contribution in [3.8, 4) is 11.5 Å². The normalized spacial score (nSPS) is 20.2. The zero-order chi connectivity index (χ0) is 24.0. The number of aromatic hydroxyl groups is 1. The van der Waals surface area contributed by atoms with Crippen LogP contribution in [0.25, 0.3) is 0 Å². The van der Waals surface area contributed by atoms with Gasteiger partial charge in [0, 0.05) is 18.3 Å². The number of anilines is 1. The molecule has 1 saturated heterocycles. The van der Waals surface area contributed by atoms with Gasteiger partial charge in [0.2, 0.25) is 0 Å². The molecule has 184 valence electrons. The van der Waals surface area contributed by atoms with Crippen molar-refractivity contribution in [3.63, 3.8) is 0 Å². The monoisotopic (exact) mass is 474 g/mol. The fraction of sp³-hybridized carbons (Fsp3) is 0.400. The first-order valence-electron chi connectivity index (χ1n) is 12.9. The maximum atomic E-state index is 13.6. The lowest BCUT2D eigenvalue weighted by Gasteiger charge is -2.33. The van der Waals surface area contributed by atoms with E-state index >= 15 is 0 Å². The maximum absolute atomic E-state index is 13.6. The largest absolute Gasteiger partial charge is 0.508 e. The summed E-state index contributed by atoms with van der Waals surface area (Å²) in [6, 6.07) is 21.6. The smallest absolute Gasteiger partial charge is 0.123 e. The Morgan fingerprint density at radius 1 is 0.971 bits per heavy atom. The molecule has 2 aliphatic rings. The summed E-state index contributed by atoms with van der Waals surface area (Å²) in [4.78, 5) is 2.38. The Morgan fingerprint density at radius 3 is 2.57 bits per heavy atom. The molecular formula is C30H35FN2O2. The molecule has 0 aromatic heterocycles. The van der Waals surface area contributed by atoms with Gasteiger partial charge in [0.05, 0.1) is 12.6 Å². The van der Waals surface area contributed by atoms with Gasteiger partial charge in [-0.1, -0.05) is 24.6 Å². The summed E-state index contributed by atoms with van der Waals surface area (Å²) in [6.45, 7) is 2.73. The molecule has 0 bridgehead atoms. The molecule has 35 heavy (non-hydrogen) atoms. The van der Waals surface area contributed by atoms with E-state index in [1.807, 2.05) is 24.3 Å². The molecule has 0 aliphatic carbocycles. The summed E-state index contributed by atoms with van der Waals surface area (Å²) >= 11 is 0. The second kappa shape index (κ2) is 11.1. The highest BCUT2D eigenvalue weighted by Crippen LogP contribution is 2.37. The first kappa shape index (κ1) is 23.7. The number of hydrogen-bond acceptors (Lipinski definition) is 4. The Hall–Kier alpha value is -3.05. The number of nitrogens with zero attached hydrogens (tertiary/aromatic N) is 1. The van der Waals surface area contributed by atoms with Crippen molar-refractivity contribution in [3.05, 3.63) is 89.2 Å². The average Bonchev–Trinajstić information content (AvgIpc) is 3.05. The van der Waals surface area contributed by atoms with Crippen LogP contribution in [0.5, 0.6) is 11.5 Å². The molecule has 2 N–H and O–H groups in total. The number of benzene rings is 3. The number of phenols is 1. The molecule has 0 spiro atoms. The number of halogens is 1. The highest BCUT2D eigenvalue weighted by Gasteiger charge is 2.26. The van der Waals surface area contributed by atoms with Crippen LogP contribution in [0, 0.1) is 5.82 Å². The first-order chi connectivity index (χ1) is 17.2. The van der Waals surface area contributed by atoms with Crippen molar-refractivity contribution in [2.45, 2.75) is 57.0 Å². The van der Waals surface area contributed by atoms with Crippen LogP contribution in [0.2, 0.25) is 0 Å². The van der Waals surface area contributed by atoms with Gasteiger partial charge in [-0.05, 0) is 110 Å². The van der Waals surface area contributed by atoms with E-state index in [0.29, 0.717) is 11.8 Å². The zero-order valence-electron chi connectivity index (χ0n) is 20.3.